The highest BCUT2D eigenvalue weighted by Gasteiger charge is 2.50. The molecule has 13 N–H and O–H groups in total. The molecule has 8 atom stereocenters. The Kier molecular flexibility index (Phi) is 9.23. The van der Waals surface area contributed by atoms with Gasteiger partial charge in [0.05, 0.1) is 6.10 Å². The van der Waals surface area contributed by atoms with Gasteiger partial charge in [0.1, 0.15) is 58.6 Å². The van der Waals surface area contributed by atoms with Gasteiger partial charge in [0.15, 0.2) is 46.7 Å². The van der Waals surface area contributed by atoms with E-state index in [4.69, 9.17) is 14.2 Å². The quantitative estimate of drug-likeness (QED) is 0.101. The maximum absolute atomic E-state index is 12.9. The van der Waals surface area contributed by atoms with Crippen molar-refractivity contribution in [1.82, 2.24) is 0 Å². The van der Waals surface area contributed by atoms with Crippen LogP contribution in [0.2, 0.25) is 0 Å². The Morgan fingerprint density at radius 3 is 1.36 bits per heavy atom. The van der Waals surface area contributed by atoms with Crippen LogP contribution in [-0.2, 0) is 6.42 Å². The lowest BCUT2D eigenvalue weighted by Gasteiger charge is -2.44. The van der Waals surface area contributed by atoms with Crippen LogP contribution in [0.1, 0.15) is 74.7 Å². The van der Waals surface area contributed by atoms with Gasteiger partial charge in [0.2, 0.25) is 0 Å². The molecule has 6 aromatic carbocycles. The average molecular weight is 835 g/mol. The second-order valence-corrected chi connectivity index (χ2v) is 15.3. The number of phenols is 10. The maximum Gasteiger partial charge on any atom is 0.157 e. The molecule has 9 rings (SSSR count). The van der Waals surface area contributed by atoms with E-state index in [1.54, 1.807) is 0 Å². The summed E-state index contributed by atoms with van der Waals surface area (Å²) in [6.07, 6.45) is -9.09. The highest BCUT2D eigenvalue weighted by molar-refractivity contribution is 5.71. The third-order valence-electron chi connectivity index (χ3n) is 11.6. The molecule has 314 valence electrons. The van der Waals surface area contributed by atoms with Gasteiger partial charge in [-0.05, 0) is 65.2 Å². The van der Waals surface area contributed by atoms with Gasteiger partial charge in [-0.1, -0.05) is 30.3 Å². The molecule has 0 fully saturated rings. The number of hydrogen-bond donors (Lipinski definition) is 13. The first-order chi connectivity index (χ1) is 29.1. The molecule has 0 unspecified atom stereocenters. The lowest BCUT2D eigenvalue weighted by atomic mass is 9.73. The summed E-state index contributed by atoms with van der Waals surface area (Å²) in [6, 6.07) is 18.9. The van der Waals surface area contributed by atoms with Crippen LogP contribution in [0.4, 0.5) is 0 Å². The first-order valence-corrected chi connectivity index (χ1v) is 19.0. The summed E-state index contributed by atoms with van der Waals surface area (Å²) >= 11 is 0. The summed E-state index contributed by atoms with van der Waals surface area (Å²) < 4.78 is 19.4. The third-order valence-corrected chi connectivity index (χ3v) is 11.6. The molecule has 0 aromatic heterocycles. The zero-order valence-electron chi connectivity index (χ0n) is 31.5. The molecule has 61 heavy (non-hydrogen) atoms. The SMILES string of the molecule is Oc1ccc([C@H]2c3c(O)c([C@@H]4c5ccc(O)cc5O[C@H](c5ccc(O)c(O)c5)[C@H]4O)c4c(c3O[C@H](c3ccc(O)c(O)c3)[C@H]2O)C[C@H](O)[C@@H](c2ccc(O)c(O)c2)O4)c(O)c1. The number of phenolic OH excluding ortho intramolecular Hbond substituents is 10. The van der Waals surface area contributed by atoms with Crippen LogP contribution in [0, 0.1) is 0 Å². The Balaban J connectivity index is 1.34. The van der Waals surface area contributed by atoms with Crippen molar-refractivity contribution >= 4 is 0 Å². The largest absolute Gasteiger partial charge is 0.508 e. The summed E-state index contributed by atoms with van der Waals surface area (Å²) in [4.78, 5) is 0. The van der Waals surface area contributed by atoms with Crippen LogP contribution in [0.3, 0.4) is 0 Å². The number of ether oxygens (including phenoxy) is 3. The second kappa shape index (κ2) is 14.4. The average Bonchev–Trinajstić information content (AvgIpc) is 3.22. The van der Waals surface area contributed by atoms with E-state index >= 15 is 0 Å². The number of fused-ring (bicyclic) bond motifs is 4. The number of hydrogen-bond acceptors (Lipinski definition) is 16. The first-order valence-electron chi connectivity index (χ1n) is 19.0. The molecular formula is C45H38O16. The lowest BCUT2D eigenvalue weighted by Crippen LogP contribution is -2.39. The first kappa shape index (κ1) is 39.1. The van der Waals surface area contributed by atoms with Crippen molar-refractivity contribution < 1.29 is 80.6 Å². The molecule has 0 bridgehead atoms. The topological polar surface area (TPSA) is 291 Å². The number of aliphatic hydroxyl groups is 3. The predicted octanol–water partition coefficient (Wildman–Crippen LogP) is 5.03. The highest BCUT2D eigenvalue weighted by Crippen LogP contribution is 2.62. The van der Waals surface area contributed by atoms with Gasteiger partial charge in [-0.25, -0.2) is 0 Å². The van der Waals surface area contributed by atoms with Crippen LogP contribution in [0.15, 0.2) is 91.0 Å². The second-order valence-electron chi connectivity index (χ2n) is 15.3. The van der Waals surface area contributed by atoms with Gasteiger partial charge >= 0.3 is 0 Å². The van der Waals surface area contributed by atoms with E-state index in [1.807, 2.05) is 0 Å². The van der Waals surface area contributed by atoms with E-state index < -0.39 is 94.5 Å². The van der Waals surface area contributed by atoms with E-state index in [9.17, 15) is 66.4 Å². The Bertz CT molecular complexity index is 2730. The molecule has 16 heteroatoms. The van der Waals surface area contributed by atoms with Crippen LogP contribution in [-0.4, -0.2) is 84.7 Å². The summed E-state index contributed by atoms with van der Waals surface area (Å²) in [5, 5.41) is 144. The summed E-state index contributed by atoms with van der Waals surface area (Å²) in [5.74, 6) is -7.62. The van der Waals surface area contributed by atoms with E-state index in [0.717, 1.165) is 12.1 Å². The van der Waals surface area contributed by atoms with Gasteiger partial charge in [0.25, 0.3) is 0 Å². The molecule has 6 aromatic rings. The van der Waals surface area contributed by atoms with Crippen LogP contribution >= 0.6 is 0 Å². The smallest absolute Gasteiger partial charge is 0.157 e. The fourth-order valence-electron chi connectivity index (χ4n) is 8.77. The highest BCUT2D eigenvalue weighted by atomic mass is 16.5. The van der Waals surface area contributed by atoms with Crippen molar-refractivity contribution in [2.24, 2.45) is 0 Å². The molecule has 0 spiro atoms. The summed E-state index contributed by atoms with van der Waals surface area (Å²) in [5.41, 5.74) is 0.566. The molecule has 16 nitrogen and oxygen atoms in total. The van der Waals surface area contributed by atoms with Gasteiger partial charge in [0, 0.05) is 58.2 Å². The van der Waals surface area contributed by atoms with Gasteiger partial charge in [-0.3, -0.25) is 0 Å². The Morgan fingerprint density at radius 2 is 0.852 bits per heavy atom. The van der Waals surface area contributed by atoms with Crippen molar-refractivity contribution in [1.29, 1.82) is 0 Å². The van der Waals surface area contributed by atoms with E-state index in [-0.39, 0.29) is 79.7 Å². The van der Waals surface area contributed by atoms with Crippen LogP contribution in [0.25, 0.3) is 0 Å². The fraction of sp³-hybridized carbons (Fsp3) is 0.200. The summed E-state index contributed by atoms with van der Waals surface area (Å²) in [6.45, 7) is 0. The summed E-state index contributed by atoms with van der Waals surface area (Å²) in [7, 11) is 0. The minimum Gasteiger partial charge on any atom is -0.508 e. The molecule has 3 aliphatic heterocycles. The molecule has 0 radical (unpaired) electrons. The fourth-order valence-corrected chi connectivity index (χ4v) is 8.77. The molecule has 0 aliphatic carbocycles. The third kappa shape index (κ3) is 6.35. The van der Waals surface area contributed by atoms with E-state index in [0.29, 0.717) is 0 Å². The predicted molar refractivity (Wildman–Crippen MR) is 211 cm³/mol. The van der Waals surface area contributed by atoms with Crippen molar-refractivity contribution in [3.63, 3.8) is 0 Å². The van der Waals surface area contributed by atoms with Crippen LogP contribution in [0.5, 0.6) is 74.7 Å². The van der Waals surface area contributed by atoms with Crippen molar-refractivity contribution in [3.05, 3.63) is 136 Å². The maximum atomic E-state index is 12.9. The normalized spacial score (nSPS) is 24.0. The minimum atomic E-state index is -1.69. The molecule has 0 amide bonds. The lowest BCUT2D eigenvalue weighted by molar-refractivity contribution is -0.00676. The van der Waals surface area contributed by atoms with Gasteiger partial charge in [-0.2, -0.15) is 0 Å². The van der Waals surface area contributed by atoms with E-state index in [2.05, 4.69) is 0 Å². The van der Waals surface area contributed by atoms with Crippen molar-refractivity contribution in [2.45, 2.75) is 54.9 Å². The molecule has 3 heterocycles. The molecule has 0 saturated carbocycles. The molecule has 3 aliphatic rings. The van der Waals surface area contributed by atoms with E-state index in [1.165, 1.54) is 78.9 Å². The van der Waals surface area contributed by atoms with Crippen molar-refractivity contribution in [3.8, 4) is 74.7 Å². The number of benzene rings is 6. The zero-order valence-corrected chi connectivity index (χ0v) is 31.5. The zero-order chi connectivity index (χ0) is 43.2. The van der Waals surface area contributed by atoms with Crippen molar-refractivity contribution in [2.75, 3.05) is 0 Å². The Morgan fingerprint density at radius 1 is 0.410 bits per heavy atom. The van der Waals surface area contributed by atoms with Crippen LogP contribution < -0.4 is 14.2 Å². The van der Waals surface area contributed by atoms with Gasteiger partial charge < -0.3 is 80.6 Å². The Hall–Kier alpha value is -7.40. The van der Waals surface area contributed by atoms with Gasteiger partial charge in [-0.15, -0.1) is 0 Å². The molecular weight excluding hydrogens is 796 g/mol. The minimum absolute atomic E-state index is 0.00550. The monoisotopic (exact) mass is 834 g/mol. The Labute approximate surface area is 345 Å². The number of aromatic hydroxyl groups is 10. The standard InChI is InChI=1S/C45H38O16/c46-20-4-6-22(28(51)14-20)34-36-38(56)37(35-23-7-5-21(47)15-33(23)59-42(40(35)58)18-2-9-26(49)30(53)12-18)44-24(16-32(55)41(60-44)17-1-8-25(48)29(52)11-17)45(36)61-43(39(34)57)19-3-10-27(50)31(54)13-19/h1-15,32,34-35,39-43,46-58H,16H2/t32-,34-,35-,39-,40-,41+,42+,43+/m0/s1. The number of rotatable bonds is 5. The number of aliphatic hydroxyl groups excluding tert-OH is 3. The molecule has 0 saturated heterocycles.